The molecule has 1 saturated carbocycles. The Hall–Kier alpha value is -0.850. The number of nitrogens with two attached hydrogens (primary N) is 1. The first kappa shape index (κ1) is 17.2. The molecule has 3 unspecified atom stereocenters. The first-order chi connectivity index (χ1) is 9.10. The zero-order chi connectivity index (χ0) is 13.8. The summed E-state index contributed by atoms with van der Waals surface area (Å²) in [6.07, 6.45) is 3.13. The highest BCUT2D eigenvalue weighted by Gasteiger charge is 2.41. The summed E-state index contributed by atoms with van der Waals surface area (Å²) < 4.78 is 0. The van der Waals surface area contributed by atoms with Crippen LogP contribution in [0.1, 0.15) is 26.2 Å². The number of carbonyl (C=O) groups excluding carboxylic acids is 2. The molecule has 6 nitrogen and oxygen atoms in total. The number of imide groups is 1. The highest BCUT2D eigenvalue weighted by atomic mass is 35.5. The number of urea groups is 1. The van der Waals surface area contributed by atoms with Gasteiger partial charge in [-0.15, -0.1) is 12.4 Å². The smallest absolute Gasteiger partial charge is 0.321 e. The van der Waals surface area contributed by atoms with E-state index in [0.717, 1.165) is 25.9 Å². The molecule has 7 heteroatoms. The average molecular weight is 305 g/mol. The fourth-order valence-corrected chi connectivity index (χ4v) is 3.18. The van der Waals surface area contributed by atoms with Gasteiger partial charge in [-0.25, -0.2) is 4.79 Å². The van der Waals surface area contributed by atoms with Gasteiger partial charge in [0.1, 0.15) is 0 Å². The number of nitrogens with zero attached hydrogens (tertiary/aromatic N) is 1. The van der Waals surface area contributed by atoms with Gasteiger partial charge in [0.15, 0.2) is 0 Å². The number of fused-ring (bicyclic) bond motifs is 1. The first-order valence-corrected chi connectivity index (χ1v) is 7.15. The maximum absolute atomic E-state index is 11.7. The Labute approximate surface area is 126 Å². The summed E-state index contributed by atoms with van der Waals surface area (Å²) in [5.41, 5.74) is 6.06. The molecule has 0 aromatic heterocycles. The number of rotatable bonds is 4. The van der Waals surface area contributed by atoms with Gasteiger partial charge in [-0.1, -0.05) is 6.92 Å². The molecule has 0 spiro atoms. The molecule has 0 aromatic carbocycles. The molecular formula is C13H25ClN4O2. The van der Waals surface area contributed by atoms with Gasteiger partial charge in [0.25, 0.3) is 0 Å². The van der Waals surface area contributed by atoms with Crippen molar-refractivity contribution in [2.45, 2.75) is 32.2 Å². The lowest BCUT2D eigenvalue weighted by Crippen LogP contribution is -2.44. The van der Waals surface area contributed by atoms with Gasteiger partial charge >= 0.3 is 6.03 Å². The number of likely N-dealkylation sites (tertiary alicyclic amines) is 1. The highest BCUT2D eigenvalue weighted by molar-refractivity contribution is 5.95. The van der Waals surface area contributed by atoms with Crippen LogP contribution in [0.3, 0.4) is 0 Å². The van der Waals surface area contributed by atoms with E-state index < -0.39 is 6.03 Å². The average Bonchev–Trinajstić information content (AvgIpc) is 2.89. The van der Waals surface area contributed by atoms with Crippen molar-refractivity contribution in [2.75, 3.05) is 26.2 Å². The Kier molecular flexibility index (Phi) is 6.71. The molecule has 2 rings (SSSR count). The zero-order valence-electron chi connectivity index (χ0n) is 11.9. The van der Waals surface area contributed by atoms with Crippen molar-refractivity contribution in [1.29, 1.82) is 0 Å². The van der Waals surface area contributed by atoms with E-state index in [1.807, 2.05) is 6.92 Å². The molecule has 116 valence electrons. The van der Waals surface area contributed by atoms with Gasteiger partial charge in [0, 0.05) is 25.7 Å². The highest BCUT2D eigenvalue weighted by Crippen LogP contribution is 2.36. The van der Waals surface area contributed by atoms with Crippen LogP contribution in [0.2, 0.25) is 0 Å². The van der Waals surface area contributed by atoms with E-state index in [-0.39, 0.29) is 24.4 Å². The number of halogens is 1. The van der Waals surface area contributed by atoms with E-state index in [9.17, 15) is 9.59 Å². The fraction of sp³-hybridized carbons (Fsp3) is 0.846. The maximum atomic E-state index is 11.7. The molecule has 0 aromatic rings. The van der Waals surface area contributed by atoms with Crippen LogP contribution < -0.4 is 16.4 Å². The minimum Gasteiger partial charge on any atom is -0.338 e. The van der Waals surface area contributed by atoms with Crippen LogP contribution in [-0.2, 0) is 4.79 Å². The van der Waals surface area contributed by atoms with E-state index in [1.165, 1.54) is 6.42 Å². The molecule has 3 atom stereocenters. The van der Waals surface area contributed by atoms with Crippen molar-refractivity contribution in [3.05, 3.63) is 0 Å². The molecule has 20 heavy (non-hydrogen) atoms. The number of hydrogen-bond donors (Lipinski definition) is 3. The summed E-state index contributed by atoms with van der Waals surface area (Å²) in [7, 11) is 0. The molecule has 2 fully saturated rings. The van der Waals surface area contributed by atoms with Crippen molar-refractivity contribution < 1.29 is 9.59 Å². The van der Waals surface area contributed by atoms with Crippen LogP contribution in [-0.4, -0.2) is 49.1 Å². The lowest BCUT2D eigenvalue weighted by atomic mass is 9.98. The standard InChI is InChI=1S/C13H24N4O2.ClH/c1-2-5-15-13(19)16-12(18)8-17-6-9-3-4-11(14)10(9)7-17;/h9-11H,2-8,14H2,1H3,(H2,15,16,18,19);1H. The van der Waals surface area contributed by atoms with Crippen LogP contribution in [0.15, 0.2) is 0 Å². The number of carbonyl (C=O) groups is 2. The van der Waals surface area contributed by atoms with E-state index in [1.54, 1.807) is 0 Å². The molecule has 4 N–H and O–H groups in total. The minimum absolute atomic E-state index is 0. The van der Waals surface area contributed by atoms with Crippen molar-refractivity contribution in [1.82, 2.24) is 15.5 Å². The molecular weight excluding hydrogens is 280 g/mol. The van der Waals surface area contributed by atoms with Gasteiger partial charge < -0.3 is 11.1 Å². The van der Waals surface area contributed by atoms with Crippen LogP contribution >= 0.6 is 12.4 Å². The molecule has 2 aliphatic rings. The lowest BCUT2D eigenvalue weighted by Gasteiger charge is -2.17. The Morgan fingerprint density at radius 1 is 1.30 bits per heavy atom. The molecule has 1 aliphatic carbocycles. The van der Waals surface area contributed by atoms with Crippen molar-refractivity contribution in [3.63, 3.8) is 0 Å². The van der Waals surface area contributed by atoms with E-state index in [2.05, 4.69) is 15.5 Å². The van der Waals surface area contributed by atoms with Gasteiger partial charge in [0.2, 0.25) is 5.91 Å². The Bertz CT molecular complexity index is 353. The molecule has 1 saturated heterocycles. The van der Waals surface area contributed by atoms with E-state index in [0.29, 0.717) is 24.9 Å². The molecule has 0 radical (unpaired) electrons. The zero-order valence-corrected chi connectivity index (χ0v) is 12.7. The minimum atomic E-state index is -0.400. The first-order valence-electron chi connectivity index (χ1n) is 7.15. The number of amides is 3. The van der Waals surface area contributed by atoms with Crippen LogP contribution in [0.25, 0.3) is 0 Å². The van der Waals surface area contributed by atoms with Gasteiger partial charge in [-0.05, 0) is 31.1 Å². The molecule has 1 heterocycles. The summed E-state index contributed by atoms with van der Waals surface area (Å²) in [5, 5.41) is 4.98. The topological polar surface area (TPSA) is 87.5 Å². The summed E-state index contributed by atoms with van der Waals surface area (Å²) in [4.78, 5) is 25.2. The van der Waals surface area contributed by atoms with E-state index >= 15 is 0 Å². The van der Waals surface area contributed by atoms with Crippen LogP contribution in [0.5, 0.6) is 0 Å². The maximum Gasteiger partial charge on any atom is 0.321 e. The van der Waals surface area contributed by atoms with Crippen molar-refractivity contribution in [2.24, 2.45) is 17.6 Å². The Morgan fingerprint density at radius 2 is 2.05 bits per heavy atom. The van der Waals surface area contributed by atoms with Gasteiger partial charge in [-0.3, -0.25) is 15.0 Å². The second-order valence-electron chi connectivity index (χ2n) is 5.66. The third-order valence-corrected chi connectivity index (χ3v) is 4.14. The molecule has 0 bridgehead atoms. The third-order valence-electron chi connectivity index (χ3n) is 4.14. The summed E-state index contributed by atoms with van der Waals surface area (Å²) in [6, 6.07) is -0.117. The molecule has 1 aliphatic heterocycles. The normalized spacial score (nSPS) is 28.6. The number of hydrogen-bond acceptors (Lipinski definition) is 4. The summed E-state index contributed by atoms with van der Waals surface area (Å²) in [6.45, 7) is 4.66. The monoisotopic (exact) mass is 304 g/mol. The SMILES string of the molecule is CCCNC(=O)NC(=O)CN1CC2CCC(N)C2C1.Cl. The Balaban J connectivity index is 0.00000200. The van der Waals surface area contributed by atoms with Crippen LogP contribution in [0.4, 0.5) is 4.79 Å². The second-order valence-corrected chi connectivity index (χ2v) is 5.66. The second kappa shape index (κ2) is 7.81. The summed E-state index contributed by atoms with van der Waals surface area (Å²) in [5.74, 6) is 0.931. The van der Waals surface area contributed by atoms with E-state index in [4.69, 9.17) is 5.73 Å². The predicted molar refractivity (Wildman–Crippen MR) is 79.7 cm³/mol. The van der Waals surface area contributed by atoms with Crippen LogP contribution in [0, 0.1) is 11.8 Å². The lowest BCUT2D eigenvalue weighted by molar-refractivity contribution is -0.121. The summed E-state index contributed by atoms with van der Waals surface area (Å²) >= 11 is 0. The predicted octanol–water partition coefficient (Wildman–Crippen LogP) is 0.313. The Morgan fingerprint density at radius 3 is 2.70 bits per heavy atom. The van der Waals surface area contributed by atoms with Crippen molar-refractivity contribution >= 4 is 24.3 Å². The number of nitrogens with one attached hydrogen (secondary N) is 2. The fourth-order valence-electron chi connectivity index (χ4n) is 3.18. The van der Waals surface area contributed by atoms with Crippen molar-refractivity contribution in [3.8, 4) is 0 Å². The van der Waals surface area contributed by atoms with Gasteiger partial charge in [0.05, 0.1) is 6.54 Å². The quantitative estimate of drug-likeness (QED) is 0.698. The third kappa shape index (κ3) is 4.33. The largest absolute Gasteiger partial charge is 0.338 e. The van der Waals surface area contributed by atoms with Gasteiger partial charge in [-0.2, -0.15) is 0 Å². The molecule has 3 amide bonds.